The predicted octanol–water partition coefficient (Wildman–Crippen LogP) is 3.52. The van der Waals surface area contributed by atoms with Crippen molar-refractivity contribution in [3.8, 4) is 11.5 Å². The van der Waals surface area contributed by atoms with E-state index in [1.807, 2.05) is 0 Å². The van der Waals surface area contributed by atoms with E-state index < -0.39 is 29.6 Å². The number of phenolic OH excluding ortho intramolecular Hbond substituents is 2. The smallest absolute Gasteiger partial charge is 0.408 e. The summed E-state index contributed by atoms with van der Waals surface area (Å²) in [6.07, 6.45) is -0.512. The van der Waals surface area contributed by atoms with Crippen LogP contribution in [0.3, 0.4) is 0 Å². The molecule has 33 heavy (non-hydrogen) atoms. The number of hydrogen-bond donors (Lipinski definition) is 3. The number of alkyl carbamates (subject to hydrolysis) is 1. The number of phenols is 2. The van der Waals surface area contributed by atoms with Crippen molar-refractivity contribution in [2.24, 2.45) is 5.92 Å². The molecule has 0 aliphatic heterocycles. The first-order valence-corrected chi connectivity index (χ1v) is 10.6. The number of carbonyl (C=O) groups excluding carboxylic acids is 3. The van der Waals surface area contributed by atoms with Crippen LogP contribution in [0.1, 0.15) is 38.3 Å². The summed E-state index contributed by atoms with van der Waals surface area (Å²) < 4.78 is 10.2. The number of amides is 1. The highest BCUT2D eigenvalue weighted by Crippen LogP contribution is 2.20. The molecule has 2 aromatic rings. The Hall–Kier alpha value is -3.55. The second-order valence-corrected chi connectivity index (χ2v) is 8.83. The first-order valence-electron chi connectivity index (χ1n) is 10.6. The van der Waals surface area contributed by atoms with Crippen molar-refractivity contribution >= 4 is 17.8 Å². The molecule has 1 amide bonds. The van der Waals surface area contributed by atoms with Crippen molar-refractivity contribution < 1.29 is 34.1 Å². The summed E-state index contributed by atoms with van der Waals surface area (Å²) in [6, 6.07) is 11.7. The van der Waals surface area contributed by atoms with Gasteiger partial charge in [0.1, 0.15) is 17.1 Å². The molecule has 2 atom stereocenters. The van der Waals surface area contributed by atoms with E-state index in [0.29, 0.717) is 0 Å². The topological polar surface area (TPSA) is 122 Å². The minimum absolute atomic E-state index is 0.0846. The number of nitrogens with one attached hydrogen (secondary N) is 1. The molecule has 0 aliphatic carbocycles. The normalized spacial score (nSPS) is 13.0. The molecule has 0 fully saturated rings. The third-order valence-electron chi connectivity index (χ3n) is 4.86. The molecule has 3 N–H and O–H groups in total. The Bertz CT molecular complexity index is 946. The lowest BCUT2D eigenvalue weighted by molar-refractivity contribution is -0.147. The van der Waals surface area contributed by atoms with Gasteiger partial charge in [-0.2, -0.15) is 0 Å². The van der Waals surface area contributed by atoms with Gasteiger partial charge in [-0.15, -0.1) is 0 Å². The molecule has 0 saturated carbocycles. The highest BCUT2D eigenvalue weighted by molar-refractivity contribution is 5.90. The van der Waals surface area contributed by atoms with Gasteiger partial charge in [-0.3, -0.25) is 9.59 Å². The number of rotatable bonds is 9. The third-order valence-corrected chi connectivity index (χ3v) is 4.86. The zero-order chi connectivity index (χ0) is 24.6. The van der Waals surface area contributed by atoms with E-state index >= 15 is 0 Å². The molecule has 2 rings (SSSR count). The lowest BCUT2D eigenvalue weighted by Crippen LogP contribution is -2.45. The summed E-state index contributed by atoms with van der Waals surface area (Å²) in [6.45, 7) is 5.15. The van der Waals surface area contributed by atoms with Gasteiger partial charge in [-0.1, -0.05) is 24.3 Å². The summed E-state index contributed by atoms with van der Waals surface area (Å²) in [5.74, 6) is -1.49. The highest BCUT2D eigenvalue weighted by atomic mass is 16.6. The fourth-order valence-electron chi connectivity index (χ4n) is 3.27. The number of methoxy groups -OCH3 is 1. The number of Topliss-reactive ketones (excluding diaryl/α,β-unsaturated/α-hetero) is 1. The Morgan fingerprint density at radius 2 is 1.36 bits per heavy atom. The average Bonchev–Trinajstić information content (AvgIpc) is 2.73. The Morgan fingerprint density at radius 1 is 0.879 bits per heavy atom. The van der Waals surface area contributed by atoms with Gasteiger partial charge in [0.05, 0.1) is 19.1 Å². The Labute approximate surface area is 193 Å². The molecule has 0 heterocycles. The molecule has 8 nitrogen and oxygen atoms in total. The van der Waals surface area contributed by atoms with E-state index in [-0.39, 0.29) is 36.5 Å². The lowest BCUT2D eigenvalue weighted by Gasteiger charge is -2.24. The summed E-state index contributed by atoms with van der Waals surface area (Å²) in [5.41, 5.74) is 0.727. The molecular weight excluding hydrogens is 426 g/mol. The first-order chi connectivity index (χ1) is 15.5. The fourth-order valence-corrected chi connectivity index (χ4v) is 3.27. The van der Waals surface area contributed by atoms with Crippen LogP contribution in [-0.2, 0) is 31.9 Å². The van der Waals surface area contributed by atoms with Crippen molar-refractivity contribution in [1.29, 1.82) is 0 Å². The Balaban J connectivity index is 2.21. The third kappa shape index (κ3) is 8.84. The van der Waals surface area contributed by atoms with Gasteiger partial charge >= 0.3 is 12.1 Å². The zero-order valence-electron chi connectivity index (χ0n) is 19.3. The molecule has 0 bridgehead atoms. The molecule has 8 heteroatoms. The van der Waals surface area contributed by atoms with Gasteiger partial charge in [-0.05, 0) is 69.0 Å². The zero-order valence-corrected chi connectivity index (χ0v) is 19.3. The van der Waals surface area contributed by atoms with Gasteiger partial charge in [-0.25, -0.2) is 4.79 Å². The van der Waals surface area contributed by atoms with Crippen LogP contribution in [0, 0.1) is 5.92 Å². The number of ether oxygens (including phenoxy) is 2. The van der Waals surface area contributed by atoms with Crippen molar-refractivity contribution in [2.45, 2.75) is 51.7 Å². The fraction of sp³-hybridized carbons (Fsp3) is 0.400. The van der Waals surface area contributed by atoms with Gasteiger partial charge in [0.25, 0.3) is 0 Å². The van der Waals surface area contributed by atoms with E-state index in [1.54, 1.807) is 45.0 Å². The molecule has 0 aliphatic rings. The van der Waals surface area contributed by atoms with Gasteiger partial charge < -0.3 is 25.0 Å². The number of hydrogen-bond acceptors (Lipinski definition) is 7. The number of ketones is 1. The predicted molar refractivity (Wildman–Crippen MR) is 122 cm³/mol. The van der Waals surface area contributed by atoms with E-state index in [2.05, 4.69) is 5.32 Å². The number of aromatic hydroxyl groups is 2. The molecule has 0 aromatic heterocycles. The maximum Gasteiger partial charge on any atom is 0.408 e. The summed E-state index contributed by atoms with van der Waals surface area (Å²) >= 11 is 0. The SMILES string of the molecule is COC(=O)[C@@H](CC(=O)[C@H](Cc1ccc(O)cc1)NC(=O)OC(C)(C)C)Cc1ccc(O)cc1. The number of carbonyl (C=O) groups is 3. The Morgan fingerprint density at radius 3 is 1.82 bits per heavy atom. The van der Waals surface area contributed by atoms with Crippen molar-refractivity contribution in [3.63, 3.8) is 0 Å². The van der Waals surface area contributed by atoms with Crippen LogP contribution >= 0.6 is 0 Å². The van der Waals surface area contributed by atoms with E-state index in [9.17, 15) is 24.6 Å². The molecular formula is C25H31NO7. The molecule has 0 spiro atoms. The largest absolute Gasteiger partial charge is 0.508 e. The molecule has 178 valence electrons. The quantitative estimate of drug-likeness (QED) is 0.493. The Kier molecular flexibility index (Phi) is 8.85. The number of benzene rings is 2. The molecule has 0 unspecified atom stereocenters. The minimum atomic E-state index is -0.948. The van der Waals surface area contributed by atoms with Gasteiger partial charge in [0.15, 0.2) is 5.78 Å². The maximum absolute atomic E-state index is 13.2. The van der Waals surface area contributed by atoms with Crippen LogP contribution in [0.4, 0.5) is 4.79 Å². The van der Waals surface area contributed by atoms with Crippen LogP contribution in [0.5, 0.6) is 11.5 Å². The summed E-state index contributed by atoms with van der Waals surface area (Å²) in [7, 11) is 1.25. The van der Waals surface area contributed by atoms with Crippen LogP contribution in [0.2, 0.25) is 0 Å². The van der Waals surface area contributed by atoms with Gasteiger partial charge in [0, 0.05) is 6.42 Å². The second kappa shape index (κ2) is 11.4. The number of esters is 1. The van der Waals surface area contributed by atoms with Crippen molar-refractivity contribution in [3.05, 3.63) is 59.7 Å². The molecule has 2 aromatic carbocycles. The molecule has 0 radical (unpaired) electrons. The second-order valence-electron chi connectivity index (χ2n) is 8.83. The minimum Gasteiger partial charge on any atom is -0.508 e. The van der Waals surface area contributed by atoms with Crippen molar-refractivity contribution in [2.75, 3.05) is 7.11 Å². The summed E-state index contributed by atoms with van der Waals surface area (Å²) in [5, 5.41) is 21.6. The van der Waals surface area contributed by atoms with Crippen LogP contribution in [0.25, 0.3) is 0 Å². The standard InChI is InChI=1S/C25H31NO7/c1-25(2,3)33-24(31)26-21(14-17-7-11-20(28)12-8-17)22(29)15-18(23(30)32-4)13-16-5-9-19(27)10-6-16/h5-12,18,21,27-28H,13-15H2,1-4H3,(H,26,31)/t18-,21+/m1/s1. The lowest BCUT2D eigenvalue weighted by atomic mass is 9.90. The van der Waals surface area contributed by atoms with Crippen molar-refractivity contribution in [1.82, 2.24) is 5.32 Å². The van der Waals surface area contributed by atoms with Crippen LogP contribution < -0.4 is 5.32 Å². The molecule has 0 saturated heterocycles. The highest BCUT2D eigenvalue weighted by Gasteiger charge is 2.30. The average molecular weight is 458 g/mol. The monoisotopic (exact) mass is 457 g/mol. The summed E-state index contributed by atoms with van der Waals surface area (Å²) in [4.78, 5) is 38.0. The first kappa shape index (κ1) is 25.7. The van der Waals surface area contributed by atoms with E-state index in [1.165, 1.54) is 31.4 Å². The van der Waals surface area contributed by atoms with E-state index in [0.717, 1.165) is 11.1 Å². The van der Waals surface area contributed by atoms with Crippen LogP contribution in [0.15, 0.2) is 48.5 Å². The van der Waals surface area contributed by atoms with Gasteiger partial charge in [0.2, 0.25) is 0 Å². The van der Waals surface area contributed by atoms with Crippen LogP contribution in [-0.4, -0.2) is 46.8 Å². The van der Waals surface area contributed by atoms with E-state index in [4.69, 9.17) is 9.47 Å². The maximum atomic E-state index is 13.2.